The molecule has 2 aliphatic carbocycles. The maximum atomic E-state index is 13.7. The number of rotatable bonds is 2. The second-order valence-corrected chi connectivity index (χ2v) is 9.48. The number of Topliss-reactive ketones (excluding diaryl/α,β-unsaturated/α-hetero) is 1. The van der Waals surface area contributed by atoms with Gasteiger partial charge in [-0.15, -0.1) is 11.3 Å². The van der Waals surface area contributed by atoms with Crippen LogP contribution in [-0.4, -0.2) is 48.4 Å². The van der Waals surface area contributed by atoms with Crippen molar-refractivity contribution in [2.24, 2.45) is 16.1 Å². The third kappa shape index (κ3) is 2.60. The van der Waals surface area contributed by atoms with E-state index in [-0.39, 0.29) is 17.3 Å². The van der Waals surface area contributed by atoms with Crippen molar-refractivity contribution in [1.29, 1.82) is 0 Å². The van der Waals surface area contributed by atoms with Crippen molar-refractivity contribution in [3.63, 3.8) is 0 Å². The Morgan fingerprint density at radius 1 is 1.31 bits per heavy atom. The predicted octanol–water partition coefficient (Wildman–Crippen LogP) is 2.97. The molecule has 0 saturated heterocycles. The van der Waals surface area contributed by atoms with Crippen LogP contribution in [0.25, 0.3) is 10.4 Å². The van der Waals surface area contributed by atoms with Gasteiger partial charge in [0.1, 0.15) is 0 Å². The molecular formula is C22H26N4O2S. The number of likely N-dealkylation sites (N-methyl/N-ethyl adjacent to an activating group) is 1. The van der Waals surface area contributed by atoms with Gasteiger partial charge in [-0.1, -0.05) is 12.1 Å². The van der Waals surface area contributed by atoms with Crippen molar-refractivity contribution in [1.82, 2.24) is 9.88 Å². The van der Waals surface area contributed by atoms with E-state index in [0.717, 1.165) is 48.1 Å². The van der Waals surface area contributed by atoms with Crippen molar-refractivity contribution in [2.75, 3.05) is 20.7 Å². The van der Waals surface area contributed by atoms with E-state index in [1.54, 1.807) is 23.3 Å². The van der Waals surface area contributed by atoms with Gasteiger partial charge in [0.25, 0.3) is 0 Å². The first-order chi connectivity index (χ1) is 14.0. The lowest BCUT2D eigenvalue weighted by atomic mass is 9.59. The number of carbonyl (C=O) groups is 1. The Morgan fingerprint density at radius 2 is 2.10 bits per heavy atom. The Morgan fingerprint density at radius 3 is 2.79 bits per heavy atom. The maximum absolute atomic E-state index is 13.7. The van der Waals surface area contributed by atoms with E-state index in [9.17, 15) is 4.79 Å². The second kappa shape index (κ2) is 6.64. The number of aliphatic imine (C=N–C) groups is 1. The molecule has 1 fully saturated rings. The third-order valence-electron chi connectivity index (χ3n) is 7.19. The Bertz CT molecular complexity index is 979. The number of hydrogen-bond acceptors (Lipinski definition) is 7. The van der Waals surface area contributed by atoms with Gasteiger partial charge < -0.3 is 15.4 Å². The average molecular weight is 411 g/mol. The van der Waals surface area contributed by atoms with Gasteiger partial charge in [0.15, 0.2) is 17.3 Å². The fourth-order valence-corrected chi connectivity index (χ4v) is 6.25. The molecule has 0 bridgehead atoms. The SMILES string of the molecule is COC1CCC2(CC1)Cc1ccc(-c3cncs3)cc1C21N=C(N)N(C)CC1=O. The number of nitrogens with two attached hydrogens (primary N) is 1. The Balaban J connectivity index is 1.70. The summed E-state index contributed by atoms with van der Waals surface area (Å²) in [5, 5.41) is 0. The van der Waals surface area contributed by atoms with Crippen molar-refractivity contribution >= 4 is 23.1 Å². The molecule has 1 aromatic carbocycles. The lowest BCUT2D eigenvalue weighted by Gasteiger charge is -2.49. The molecule has 3 aliphatic rings. The van der Waals surface area contributed by atoms with Crippen LogP contribution < -0.4 is 5.73 Å². The number of fused-ring (bicyclic) bond motifs is 3. The highest BCUT2D eigenvalue weighted by atomic mass is 32.1. The fourth-order valence-electron chi connectivity index (χ4n) is 5.63. The first-order valence-electron chi connectivity index (χ1n) is 10.1. The summed E-state index contributed by atoms with van der Waals surface area (Å²) in [5.41, 5.74) is 10.4. The zero-order valence-electron chi connectivity index (χ0n) is 16.9. The van der Waals surface area contributed by atoms with Crippen LogP contribution in [0.4, 0.5) is 0 Å². The van der Waals surface area contributed by atoms with E-state index < -0.39 is 5.54 Å². The highest BCUT2D eigenvalue weighted by molar-refractivity contribution is 7.13. The summed E-state index contributed by atoms with van der Waals surface area (Å²) in [7, 11) is 3.61. The van der Waals surface area contributed by atoms with Crippen LogP contribution >= 0.6 is 11.3 Å². The number of carbonyl (C=O) groups excluding carboxylic acids is 1. The molecule has 1 atom stereocenters. The molecule has 1 aromatic heterocycles. The summed E-state index contributed by atoms with van der Waals surface area (Å²) in [6.45, 7) is 0.301. The summed E-state index contributed by atoms with van der Waals surface area (Å²) in [6.07, 6.45) is 6.75. The topological polar surface area (TPSA) is 80.8 Å². The number of nitrogens with zero attached hydrogens (tertiary/aromatic N) is 3. The largest absolute Gasteiger partial charge is 0.381 e. The second-order valence-electron chi connectivity index (χ2n) is 8.59. The van der Waals surface area contributed by atoms with Crippen LogP contribution in [-0.2, 0) is 21.5 Å². The van der Waals surface area contributed by atoms with E-state index in [1.807, 2.05) is 18.8 Å². The summed E-state index contributed by atoms with van der Waals surface area (Å²) < 4.78 is 5.62. The normalized spacial score (nSPS) is 31.4. The van der Waals surface area contributed by atoms with Crippen LogP contribution in [0.15, 0.2) is 34.9 Å². The van der Waals surface area contributed by atoms with E-state index >= 15 is 0 Å². The molecule has 5 rings (SSSR count). The quantitative estimate of drug-likeness (QED) is 0.823. The minimum atomic E-state index is -0.891. The summed E-state index contributed by atoms with van der Waals surface area (Å²) in [4.78, 5) is 25.8. The number of ether oxygens (including phenoxy) is 1. The van der Waals surface area contributed by atoms with Crippen LogP contribution in [0, 0.1) is 5.41 Å². The molecule has 1 aliphatic heterocycles. The highest BCUT2D eigenvalue weighted by Gasteiger charge is 2.63. The molecule has 152 valence electrons. The first-order valence-corrected chi connectivity index (χ1v) is 11.0. The van der Waals surface area contributed by atoms with Gasteiger partial charge in [0.05, 0.1) is 23.0 Å². The number of aromatic nitrogens is 1. The molecule has 0 radical (unpaired) electrons. The van der Waals surface area contributed by atoms with Crippen LogP contribution in [0.5, 0.6) is 0 Å². The monoisotopic (exact) mass is 410 g/mol. The minimum Gasteiger partial charge on any atom is -0.381 e. The summed E-state index contributed by atoms with van der Waals surface area (Å²) >= 11 is 1.61. The minimum absolute atomic E-state index is 0.158. The summed E-state index contributed by atoms with van der Waals surface area (Å²) in [5.74, 6) is 0.610. The molecule has 6 nitrogen and oxygen atoms in total. The summed E-state index contributed by atoms with van der Waals surface area (Å²) in [6, 6.07) is 6.49. The predicted molar refractivity (Wildman–Crippen MR) is 114 cm³/mol. The number of hydrogen-bond donors (Lipinski definition) is 1. The van der Waals surface area contributed by atoms with Gasteiger partial charge in [-0.3, -0.25) is 9.78 Å². The fraction of sp³-hybridized carbons (Fsp3) is 0.500. The highest BCUT2D eigenvalue weighted by Crippen LogP contribution is 2.61. The molecule has 0 amide bonds. The first kappa shape index (κ1) is 18.8. The van der Waals surface area contributed by atoms with Gasteiger partial charge in [-0.05, 0) is 54.9 Å². The Labute approximate surface area is 174 Å². The molecule has 1 saturated carbocycles. The molecule has 2 aromatic rings. The van der Waals surface area contributed by atoms with Crippen molar-refractivity contribution < 1.29 is 9.53 Å². The molecule has 2 spiro atoms. The van der Waals surface area contributed by atoms with E-state index in [4.69, 9.17) is 15.5 Å². The van der Waals surface area contributed by atoms with Crippen LogP contribution in [0.1, 0.15) is 36.8 Å². The van der Waals surface area contributed by atoms with Crippen LogP contribution in [0.3, 0.4) is 0 Å². The molecule has 2 heterocycles. The van der Waals surface area contributed by atoms with E-state index in [1.165, 1.54) is 5.56 Å². The zero-order chi connectivity index (χ0) is 20.2. The molecular weight excluding hydrogens is 384 g/mol. The lowest BCUT2D eigenvalue weighted by molar-refractivity contribution is -0.132. The van der Waals surface area contributed by atoms with Crippen molar-refractivity contribution in [3.05, 3.63) is 41.0 Å². The van der Waals surface area contributed by atoms with Gasteiger partial charge in [-0.2, -0.15) is 0 Å². The van der Waals surface area contributed by atoms with Gasteiger partial charge in [-0.25, -0.2) is 4.99 Å². The van der Waals surface area contributed by atoms with Crippen LogP contribution in [0.2, 0.25) is 0 Å². The Hall–Kier alpha value is -2.25. The number of benzene rings is 1. The van der Waals surface area contributed by atoms with Gasteiger partial charge in [0, 0.05) is 25.8 Å². The smallest absolute Gasteiger partial charge is 0.192 e. The standard InChI is InChI=1S/C22H26N4O2S/c1-26-12-19(27)22(25-20(26)23)17-9-14(18-11-24-13-29-18)3-4-15(17)10-21(22)7-5-16(28-2)6-8-21/h3-4,9,11,13,16H,5-8,10,12H2,1-2H3,(H2,23,25). The Kier molecular flexibility index (Phi) is 4.29. The van der Waals surface area contributed by atoms with Gasteiger partial charge >= 0.3 is 0 Å². The molecule has 29 heavy (non-hydrogen) atoms. The molecule has 1 unspecified atom stereocenters. The van der Waals surface area contributed by atoms with E-state index in [2.05, 4.69) is 23.2 Å². The van der Waals surface area contributed by atoms with E-state index in [0.29, 0.717) is 12.5 Å². The van der Waals surface area contributed by atoms with Crippen molar-refractivity contribution in [3.8, 4) is 10.4 Å². The zero-order valence-corrected chi connectivity index (χ0v) is 17.7. The maximum Gasteiger partial charge on any atom is 0.192 e. The molecule has 7 heteroatoms. The number of thiazole rings is 1. The molecule has 2 N–H and O–H groups in total. The average Bonchev–Trinajstić information content (AvgIpc) is 3.34. The van der Waals surface area contributed by atoms with Gasteiger partial charge in [0.2, 0.25) is 0 Å². The number of ketones is 1. The number of guanidine groups is 1. The van der Waals surface area contributed by atoms with Crippen molar-refractivity contribution in [2.45, 2.75) is 43.7 Å². The lowest BCUT2D eigenvalue weighted by Crippen LogP contribution is -2.58. The number of methoxy groups -OCH3 is 1. The third-order valence-corrected chi connectivity index (χ3v) is 8.02.